The Hall–Kier alpha value is -1.50. The zero-order chi connectivity index (χ0) is 21.3. The van der Waals surface area contributed by atoms with Crippen LogP contribution in [0.4, 0.5) is 0 Å². The lowest BCUT2D eigenvalue weighted by Gasteiger charge is -2.23. The van der Waals surface area contributed by atoms with E-state index >= 15 is 0 Å². The minimum absolute atomic E-state index is 0.0759. The van der Waals surface area contributed by atoms with E-state index in [1.54, 1.807) is 30.0 Å². The molecule has 0 spiro atoms. The van der Waals surface area contributed by atoms with Crippen molar-refractivity contribution in [2.45, 2.75) is 54.2 Å². The van der Waals surface area contributed by atoms with Gasteiger partial charge in [-0.2, -0.15) is 0 Å². The maximum atomic E-state index is 12.0. The second kappa shape index (κ2) is 11.8. The number of aromatic hydroxyl groups is 2. The third-order valence-corrected chi connectivity index (χ3v) is 7.49. The van der Waals surface area contributed by atoms with Crippen molar-refractivity contribution in [3.63, 3.8) is 0 Å². The Morgan fingerprint density at radius 1 is 1.00 bits per heavy atom. The van der Waals surface area contributed by atoms with Gasteiger partial charge in [0.2, 0.25) is 0 Å². The molecule has 0 amide bonds. The molecule has 2 aromatic carbocycles. The van der Waals surface area contributed by atoms with E-state index in [2.05, 4.69) is 0 Å². The van der Waals surface area contributed by atoms with Crippen LogP contribution in [0.25, 0.3) is 0 Å². The highest BCUT2D eigenvalue weighted by Gasteiger charge is 2.19. The summed E-state index contributed by atoms with van der Waals surface area (Å²) in [5.74, 6) is 1.69. The van der Waals surface area contributed by atoms with E-state index in [-0.39, 0.29) is 17.5 Å². The van der Waals surface area contributed by atoms with E-state index in [4.69, 9.17) is 16.3 Å². The first kappa shape index (κ1) is 23.2. The summed E-state index contributed by atoms with van der Waals surface area (Å²) >= 11 is 8.95. The van der Waals surface area contributed by atoms with Crippen LogP contribution in [0.2, 0.25) is 5.02 Å². The number of thioether (sulfide) groups is 2. The molecule has 7 heteroatoms. The summed E-state index contributed by atoms with van der Waals surface area (Å²) in [7, 11) is 0. The van der Waals surface area contributed by atoms with E-state index in [9.17, 15) is 15.0 Å². The minimum atomic E-state index is -0.232. The van der Waals surface area contributed by atoms with Crippen molar-refractivity contribution in [2.24, 2.45) is 0 Å². The molecule has 0 radical (unpaired) electrons. The molecule has 3 rings (SSSR count). The average molecular weight is 467 g/mol. The van der Waals surface area contributed by atoms with Crippen LogP contribution < -0.4 is 0 Å². The smallest absolute Gasteiger partial charge is 0.316 e. The van der Waals surface area contributed by atoms with Gasteiger partial charge in [-0.3, -0.25) is 4.79 Å². The molecule has 0 heterocycles. The molecule has 2 aromatic rings. The zero-order valence-electron chi connectivity index (χ0n) is 16.8. The molecular weight excluding hydrogens is 440 g/mol. The summed E-state index contributed by atoms with van der Waals surface area (Å²) in [6, 6.07) is 10.7. The fraction of sp³-hybridized carbons (Fsp3) is 0.435. The molecule has 1 aliphatic carbocycles. The summed E-state index contributed by atoms with van der Waals surface area (Å²) < 4.78 is 5.33. The number of ether oxygens (including phenoxy) is 1. The molecule has 2 N–H and O–H groups in total. The van der Waals surface area contributed by atoms with Crippen molar-refractivity contribution < 1.29 is 19.7 Å². The Morgan fingerprint density at radius 3 is 2.43 bits per heavy atom. The van der Waals surface area contributed by atoms with E-state index in [1.807, 2.05) is 18.2 Å². The monoisotopic (exact) mass is 466 g/mol. The largest absolute Gasteiger partial charge is 0.508 e. The number of esters is 1. The van der Waals surface area contributed by atoms with Crippen molar-refractivity contribution >= 4 is 41.1 Å². The van der Waals surface area contributed by atoms with Crippen molar-refractivity contribution in [3.05, 3.63) is 47.0 Å². The summed E-state index contributed by atoms with van der Waals surface area (Å²) in [5, 5.41) is 20.0. The Balaban J connectivity index is 1.36. The average Bonchev–Trinajstić information content (AvgIpc) is 2.76. The summed E-state index contributed by atoms with van der Waals surface area (Å²) in [6.45, 7) is 0.376. The molecule has 1 saturated carbocycles. The second-order valence-corrected chi connectivity index (χ2v) is 10.0. The van der Waals surface area contributed by atoms with Gasteiger partial charge in [0.15, 0.2) is 0 Å². The molecule has 30 heavy (non-hydrogen) atoms. The van der Waals surface area contributed by atoms with Crippen LogP contribution in [0.1, 0.15) is 50.0 Å². The third kappa shape index (κ3) is 7.03. The molecule has 1 fully saturated rings. The molecule has 0 bridgehead atoms. The van der Waals surface area contributed by atoms with Crippen LogP contribution in [-0.2, 0) is 9.53 Å². The zero-order valence-corrected chi connectivity index (χ0v) is 19.2. The van der Waals surface area contributed by atoms with E-state index < -0.39 is 0 Å². The SMILES string of the molecule is O=C(CSc1ccc(O)c(C2CCCCC2)c1)OCCCSc1ccc(O)c(Cl)c1. The molecule has 0 saturated heterocycles. The number of hydrogen-bond donors (Lipinski definition) is 2. The summed E-state index contributed by atoms with van der Waals surface area (Å²) in [6.07, 6.45) is 6.69. The molecule has 0 aromatic heterocycles. The van der Waals surface area contributed by atoms with Gasteiger partial charge in [0.1, 0.15) is 11.5 Å². The van der Waals surface area contributed by atoms with Crippen molar-refractivity contribution in [1.29, 1.82) is 0 Å². The second-order valence-electron chi connectivity index (χ2n) is 7.38. The van der Waals surface area contributed by atoms with Crippen LogP contribution in [0.3, 0.4) is 0 Å². The number of hydrogen-bond acceptors (Lipinski definition) is 6. The molecule has 0 aliphatic heterocycles. The van der Waals surface area contributed by atoms with Crippen molar-refractivity contribution in [2.75, 3.05) is 18.1 Å². The predicted molar refractivity (Wildman–Crippen MR) is 124 cm³/mol. The van der Waals surface area contributed by atoms with Crippen LogP contribution in [0, 0.1) is 0 Å². The third-order valence-electron chi connectivity index (χ3n) is 5.14. The first-order chi connectivity index (χ1) is 14.5. The maximum Gasteiger partial charge on any atom is 0.316 e. The van der Waals surface area contributed by atoms with Gasteiger partial charge in [0.25, 0.3) is 0 Å². The van der Waals surface area contributed by atoms with E-state index in [1.165, 1.54) is 31.0 Å². The van der Waals surface area contributed by atoms with Gasteiger partial charge < -0.3 is 14.9 Å². The van der Waals surface area contributed by atoms with Gasteiger partial charge in [-0.05, 0) is 67.1 Å². The summed E-state index contributed by atoms with van der Waals surface area (Å²) in [5.41, 5.74) is 1.01. The first-order valence-electron chi connectivity index (χ1n) is 10.3. The maximum absolute atomic E-state index is 12.0. The van der Waals surface area contributed by atoms with Crippen molar-refractivity contribution in [3.8, 4) is 11.5 Å². The fourth-order valence-electron chi connectivity index (χ4n) is 3.56. The highest BCUT2D eigenvalue weighted by atomic mass is 35.5. The quantitative estimate of drug-likeness (QED) is 0.246. The summed E-state index contributed by atoms with van der Waals surface area (Å²) in [4.78, 5) is 14.0. The lowest BCUT2D eigenvalue weighted by molar-refractivity contribution is -0.140. The topological polar surface area (TPSA) is 66.8 Å². The number of benzene rings is 2. The van der Waals surface area contributed by atoms with Gasteiger partial charge >= 0.3 is 5.97 Å². The normalized spacial score (nSPS) is 14.6. The lowest BCUT2D eigenvalue weighted by atomic mass is 9.84. The van der Waals surface area contributed by atoms with Crippen LogP contribution in [-0.4, -0.2) is 34.3 Å². The standard InChI is InChI=1S/C23H27ClO4S2/c24-20-14-18(8-10-22(20)26)29-12-4-11-28-23(27)15-30-17-7-9-21(25)19(13-17)16-5-2-1-3-6-16/h7-10,13-14,16,25-26H,1-6,11-12,15H2. The van der Waals surface area contributed by atoms with Gasteiger partial charge in [0, 0.05) is 15.5 Å². The molecule has 4 nitrogen and oxygen atoms in total. The first-order valence-corrected chi connectivity index (χ1v) is 12.6. The Labute approximate surface area is 191 Å². The van der Waals surface area contributed by atoms with Gasteiger partial charge in [-0.25, -0.2) is 0 Å². The predicted octanol–water partition coefficient (Wildman–Crippen LogP) is 6.62. The molecule has 1 aliphatic rings. The lowest BCUT2D eigenvalue weighted by Crippen LogP contribution is -2.09. The molecule has 0 atom stereocenters. The highest BCUT2D eigenvalue weighted by molar-refractivity contribution is 8.00. The fourth-order valence-corrected chi connectivity index (χ4v) is 5.41. The van der Waals surface area contributed by atoms with Gasteiger partial charge in [-0.1, -0.05) is 30.9 Å². The number of phenolic OH excluding ortho intramolecular Hbond substituents is 2. The molecule has 162 valence electrons. The number of halogens is 1. The number of phenols is 2. The minimum Gasteiger partial charge on any atom is -0.508 e. The Morgan fingerprint density at radius 2 is 1.70 bits per heavy atom. The Kier molecular flexibility index (Phi) is 9.09. The van der Waals surface area contributed by atoms with Crippen LogP contribution in [0.5, 0.6) is 11.5 Å². The molecular formula is C23H27ClO4S2. The van der Waals surface area contributed by atoms with Crippen LogP contribution in [0.15, 0.2) is 46.2 Å². The number of carbonyl (C=O) groups is 1. The molecule has 0 unspecified atom stereocenters. The van der Waals surface area contributed by atoms with E-state index in [0.717, 1.165) is 40.4 Å². The number of rotatable bonds is 9. The van der Waals surface area contributed by atoms with Gasteiger partial charge in [0.05, 0.1) is 17.4 Å². The number of carbonyl (C=O) groups excluding carboxylic acids is 1. The highest BCUT2D eigenvalue weighted by Crippen LogP contribution is 2.38. The van der Waals surface area contributed by atoms with E-state index in [0.29, 0.717) is 23.3 Å². The van der Waals surface area contributed by atoms with Crippen LogP contribution >= 0.6 is 35.1 Å². The van der Waals surface area contributed by atoms with Crippen molar-refractivity contribution in [1.82, 2.24) is 0 Å². The Bertz CT molecular complexity index is 853. The van der Waals surface area contributed by atoms with Gasteiger partial charge in [-0.15, -0.1) is 23.5 Å².